The molecule has 3 atom stereocenters. The third-order valence-electron chi connectivity index (χ3n) is 5.36. The Hall–Kier alpha value is -1.89. The van der Waals surface area contributed by atoms with Crippen LogP contribution in [0.4, 0.5) is 5.13 Å². The Bertz CT molecular complexity index is 915. The maximum atomic E-state index is 13.1. The molecular formula is C21H25N3O6S2. The van der Waals surface area contributed by atoms with Crippen LogP contribution in [0, 0.1) is 4.91 Å². The molecule has 2 aromatic rings. The molecule has 1 aliphatic heterocycles. The summed E-state index contributed by atoms with van der Waals surface area (Å²) >= 11 is 0.0623. The van der Waals surface area contributed by atoms with E-state index >= 15 is 0 Å². The van der Waals surface area contributed by atoms with Crippen molar-refractivity contribution in [3.05, 3.63) is 45.8 Å². The molecule has 1 aromatic heterocycles. The number of aliphatic hydroxyl groups excluding tert-OH is 1. The third kappa shape index (κ3) is 5.72. The first-order chi connectivity index (χ1) is 15.6. The summed E-state index contributed by atoms with van der Waals surface area (Å²) < 4.78 is 24.0. The number of aliphatic hydroxyl groups is 1. The number of nitroso groups, excluding NO2 is 1. The molecule has 1 aromatic carbocycles. The fraction of sp³-hybridized carbons (Fsp3) is 0.524. The molecule has 2 fully saturated rings. The number of benzene rings is 1. The lowest BCUT2D eigenvalue weighted by Crippen LogP contribution is -2.31. The van der Waals surface area contributed by atoms with Crippen LogP contribution in [0.3, 0.4) is 0 Å². The lowest BCUT2D eigenvalue weighted by molar-refractivity contribution is -0.136. The van der Waals surface area contributed by atoms with Gasteiger partial charge in [0.15, 0.2) is 22.2 Å². The van der Waals surface area contributed by atoms with Gasteiger partial charge in [0.05, 0.1) is 17.6 Å². The molecule has 0 spiro atoms. The molecule has 1 saturated heterocycles. The van der Waals surface area contributed by atoms with Crippen LogP contribution in [-0.2, 0) is 25.4 Å². The van der Waals surface area contributed by atoms with Gasteiger partial charge in [0.25, 0.3) is 5.91 Å². The van der Waals surface area contributed by atoms with Gasteiger partial charge in [0.2, 0.25) is 0 Å². The van der Waals surface area contributed by atoms with Crippen molar-refractivity contribution in [3.63, 3.8) is 0 Å². The van der Waals surface area contributed by atoms with Gasteiger partial charge in [0.1, 0.15) is 5.25 Å². The number of nitrogens with zero attached hydrogens (tertiary/aromatic N) is 2. The quantitative estimate of drug-likeness (QED) is 0.395. The Morgan fingerprint density at radius 3 is 2.66 bits per heavy atom. The van der Waals surface area contributed by atoms with E-state index in [0.29, 0.717) is 41.6 Å². The van der Waals surface area contributed by atoms with Crippen LogP contribution in [0.25, 0.3) is 0 Å². The Morgan fingerprint density at radius 1 is 1.31 bits per heavy atom. The largest absolute Gasteiger partial charge is 0.611 e. The smallest absolute Gasteiger partial charge is 0.259 e. The molecular weight excluding hydrogens is 454 g/mol. The molecule has 2 aliphatic rings. The van der Waals surface area contributed by atoms with E-state index in [2.05, 4.69) is 15.5 Å². The second-order valence-electron chi connectivity index (χ2n) is 7.75. The Balaban J connectivity index is 1.50. The molecule has 0 radical (unpaired) electrons. The number of anilines is 1. The van der Waals surface area contributed by atoms with E-state index in [9.17, 15) is 19.4 Å². The standard InChI is InChI=1S/C21H25N3O6S2/c25-12-17(24-27)18-11-22-21(31-18)23-20(26)19(30-14-7-9-29-10-8-14)13-1-3-15(4-2-13)32(28)16-5-6-16/h1-4,11,14,16-17,19,25H,5-10,12H2,(H,22,23,26). The minimum absolute atomic E-state index is 0.121. The van der Waals surface area contributed by atoms with Gasteiger partial charge in [0, 0.05) is 32.3 Å². The SMILES string of the molecule is O=NC(CO)c1cnc(NC(=O)C(OC2CCOCC2)c2ccc([S+]([O-])C3CC3)cc2)s1. The molecule has 32 heavy (non-hydrogen) atoms. The van der Waals surface area contributed by atoms with Gasteiger partial charge in [-0.1, -0.05) is 28.6 Å². The molecule has 4 rings (SSSR count). The fourth-order valence-corrected chi connectivity index (χ4v) is 5.58. The van der Waals surface area contributed by atoms with Gasteiger partial charge in [-0.25, -0.2) is 4.98 Å². The number of rotatable bonds is 10. The highest BCUT2D eigenvalue weighted by Crippen LogP contribution is 2.34. The van der Waals surface area contributed by atoms with Gasteiger partial charge in [-0.05, 0) is 41.7 Å². The lowest BCUT2D eigenvalue weighted by atomic mass is 10.1. The summed E-state index contributed by atoms with van der Waals surface area (Å²) in [5.74, 6) is -0.395. The average Bonchev–Trinajstić information content (AvgIpc) is 3.58. The summed E-state index contributed by atoms with van der Waals surface area (Å²) in [6, 6.07) is 6.24. The van der Waals surface area contributed by atoms with Crippen molar-refractivity contribution in [1.82, 2.24) is 4.98 Å². The van der Waals surface area contributed by atoms with Gasteiger partial charge < -0.3 is 19.1 Å². The average molecular weight is 480 g/mol. The van der Waals surface area contributed by atoms with Crippen LogP contribution < -0.4 is 5.32 Å². The zero-order valence-corrected chi connectivity index (χ0v) is 19.0. The van der Waals surface area contributed by atoms with E-state index in [0.717, 1.165) is 29.1 Å². The summed E-state index contributed by atoms with van der Waals surface area (Å²) in [6.07, 6.45) is 3.77. The summed E-state index contributed by atoms with van der Waals surface area (Å²) in [4.78, 5) is 29.3. The molecule has 1 amide bonds. The number of thiazole rings is 1. The summed E-state index contributed by atoms with van der Waals surface area (Å²) in [5, 5.41) is 15.4. The van der Waals surface area contributed by atoms with Crippen LogP contribution in [-0.4, -0.2) is 51.7 Å². The monoisotopic (exact) mass is 479 g/mol. The van der Waals surface area contributed by atoms with Crippen molar-refractivity contribution >= 4 is 33.6 Å². The number of nitrogens with one attached hydrogen (secondary N) is 1. The first kappa shape index (κ1) is 23.3. The zero-order valence-electron chi connectivity index (χ0n) is 17.3. The van der Waals surface area contributed by atoms with E-state index in [-0.39, 0.29) is 11.4 Å². The minimum atomic E-state index is -1.02. The molecule has 11 heteroatoms. The number of amides is 1. The fourth-order valence-electron chi connectivity index (χ4n) is 3.39. The van der Waals surface area contributed by atoms with E-state index in [1.165, 1.54) is 6.20 Å². The highest BCUT2D eigenvalue weighted by molar-refractivity contribution is 7.92. The van der Waals surface area contributed by atoms with Gasteiger partial charge in [-0.2, -0.15) is 4.91 Å². The molecule has 3 unspecified atom stereocenters. The molecule has 1 saturated carbocycles. The molecule has 0 bridgehead atoms. The molecule has 1 aliphatic carbocycles. The Morgan fingerprint density at radius 2 is 2.03 bits per heavy atom. The van der Waals surface area contributed by atoms with Gasteiger partial charge in [-0.3, -0.25) is 10.1 Å². The highest BCUT2D eigenvalue weighted by Gasteiger charge is 2.36. The van der Waals surface area contributed by atoms with Crippen molar-refractivity contribution in [2.75, 3.05) is 25.1 Å². The second kappa shape index (κ2) is 10.8. The predicted molar refractivity (Wildman–Crippen MR) is 120 cm³/mol. The number of ether oxygens (including phenoxy) is 2. The van der Waals surface area contributed by atoms with Crippen LogP contribution in [0.5, 0.6) is 0 Å². The Labute approximate surface area is 192 Å². The summed E-state index contributed by atoms with van der Waals surface area (Å²) in [5.41, 5.74) is 0.658. The normalized spacial score (nSPS) is 19.8. The van der Waals surface area contributed by atoms with Gasteiger partial charge >= 0.3 is 0 Å². The van der Waals surface area contributed by atoms with E-state index in [1.807, 2.05) is 0 Å². The van der Waals surface area contributed by atoms with E-state index in [1.54, 1.807) is 24.3 Å². The maximum absolute atomic E-state index is 13.1. The van der Waals surface area contributed by atoms with Crippen molar-refractivity contribution < 1.29 is 23.9 Å². The van der Waals surface area contributed by atoms with Crippen LogP contribution >= 0.6 is 11.3 Å². The second-order valence-corrected chi connectivity index (χ2v) is 10.5. The number of hydrogen-bond acceptors (Lipinski definition) is 9. The molecule has 9 nitrogen and oxygen atoms in total. The predicted octanol–water partition coefficient (Wildman–Crippen LogP) is 3.09. The van der Waals surface area contributed by atoms with Crippen LogP contribution in [0.1, 0.15) is 48.3 Å². The van der Waals surface area contributed by atoms with Gasteiger partial charge in [-0.15, -0.1) is 0 Å². The van der Waals surface area contributed by atoms with E-state index < -0.39 is 35.8 Å². The molecule has 172 valence electrons. The minimum Gasteiger partial charge on any atom is -0.611 e. The van der Waals surface area contributed by atoms with Crippen molar-refractivity contribution in [2.45, 2.75) is 54.1 Å². The topological polar surface area (TPSA) is 133 Å². The number of aromatic nitrogens is 1. The van der Waals surface area contributed by atoms with Crippen molar-refractivity contribution in [1.29, 1.82) is 0 Å². The molecule has 2 N–H and O–H groups in total. The Kier molecular flexibility index (Phi) is 7.87. The van der Waals surface area contributed by atoms with Crippen molar-refractivity contribution in [3.8, 4) is 0 Å². The number of hydrogen-bond donors (Lipinski definition) is 2. The zero-order chi connectivity index (χ0) is 22.5. The first-order valence-corrected chi connectivity index (χ1v) is 12.6. The third-order valence-corrected chi connectivity index (χ3v) is 8.19. The summed E-state index contributed by atoms with van der Waals surface area (Å²) in [7, 11) is 0. The summed E-state index contributed by atoms with van der Waals surface area (Å²) in [6.45, 7) is 0.730. The van der Waals surface area contributed by atoms with Crippen molar-refractivity contribution in [2.24, 2.45) is 5.18 Å². The molecule has 2 heterocycles. The van der Waals surface area contributed by atoms with Crippen LogP contribution in [0.15, 0.2) is 40.5 Å². The van der Waals surface area contributed by atoms with E-state index in [4.69, 9.17) is 9.47 Å². The first-order valence-electron chi connectivity index (χ1n) is 10.5. The highest BCUT2D eigenvalue weighted by atomic mass is 32.2. The lowest BCUT2D eigenvalue weighted by Gasteiger charge is -2.27. The number of carbonyl (C=O) groups excluding carboxylic acids is 1. The number of carbonyl (C=O) groups is 1. The maximum Gasteiger partial charge on any atom is 0.259 e. The van der Waals surface area contributed by atoms with Crippen LogP contribution in [0.2, 0.25) is 0 Å².